The molecular weight excluding hydrogens is 655 g/mol. The Bertz CT molecular complexity index is 2770. The highest BCUT2D eigenvalue weighted by atomic mass is 16.5. The van der Waals surface area contributed by atoms with Crippen LogP contribution in [-0.2, 0) is 0 Å². The first-order chi connectivity index (χ1) is 26.8. The van der Waals surface area contributed by atoms with Crippen LogP contribution < -0.4 is 9.64 Å². The summed E-state index contributed by atoms with van der Waals surface area (Å²) in [7, 11) is 0. The maximum Gasteiger partial charge on any atom is 0.135 e. The van der Waals surface area contributed by atoms with Crippen LogP contribution in [0.2, 0.25) is 0 Å². The fourth-order valence-corrected chi connectivity index (χ4v) is 7.85. The van der Waals surface area contributed by atoms with Crippen LogP contribution in [0.3, 0.4) is 0 Å². The van der Waals surface area contributed by atoms with Gasteiger partial charge in [-0.2, -0.15) is 0 Å². The molecule has 0 saturated heterocycles. The Labute approximate surface area is 315 Å². The minimum absolute atomic E-state index is 0.887. The van der Waals surface area contributed by atoms with E-state index in [0.717, 1.165) is 45.3 Å². The Balaban J connectivity index is 1.02. The van der Waals surface area contributed by atoms with Gasteiger partial charge in [-0.25, -0.2) is 0 Å². The number of rotatable bonds is 7. The van der Waals surface area contributed by atoms with E-state index in [1.54, 1.807) is 0 Å². The maximum atomic E-state index is 6.41. The van der Waals surface area contributed by atoms with Crippen LogP contribution in [0.5, 0.6) is 11.5 Å². The van der Waals surface area contributed by atoms with Crippen LogP contribution >= 0.6 is 0 Å². The number of hydrogen-bond acceptors (Lipinski definition) is 2. The largest absolute Gasteiger partial charge is 0.456 e. The first-order valence-electron chi connectivity index (χ1n) is 18.4. The van der Waals surface area contributed by atoms with Crippen molar-refractivity contribution in [3.05, 3.63) is 212 Å². The van der Waals surface area contributed by atoms with Crippen molar-refractivity contribution < 1.29 is 4.74 Å². The van der Waals surface area contributed by atoms with Gasteiger partial charge in [0, 0.05) is 28.0 Å². The third-order valence-electron chi connectivity index (χ3n) is 10.5. The molecule has 0 aliphatic carbocycles. The van der Waals surface area contributed by atoms with Gasteiger partial charge in [0.1, 0.15) is 11.5 Å². The summed E-state index contributed by atoms with van der Waals surface area (Å²) in [6.07, 6.45) is 0. The molecule has 0 fully saturated rings. The number of fused-ring (bicyclic) bond motifs is 2. The summed E-state index contributed by atoms with van der Waals surface area (Å²) < 4.78 is 6.41. The third kappa shape index (κ3) is 5.71. The van der Waals surface area contributed by atoms with Gasteiger partial charge in [-0.15, -0.1) is 0 Å². The van der Waals surface area contributed by atoms with Gasteiger partial charge >= 0.3 is 0 Å². The Morgan fingerprint density at radius 2 is 0.815 bits per heavy atom. The monoisotopic (exact) mass is 689 g/mol. The first-order valence-corrected chi connectivity index (χ1v) is 18.4. The zero-order valence-electron chi connectivity index (χ0n) is 29.6. The number of ether oxygens (including phenoxy) is 1. The second-order valence-corrected chi connectivity index (χ2v) is 13.7. The number of nitrogens with zero attached hydrogens (tertiary/aromatic N) is 1. The molecule has 2 nitrogen and oxygen atoms in total. The van der Waals surface area contributed by atoms with E-state index in [2.05, 4.69) is 217 Å². The van der Waals surface area contributed by atoms with Gasteiger partial charge in [-0.3, -0.25) is 0 Å². The van der Waals surface area contributed by atoms with E-state index in [0.29, 0.717) is 0 Å². The maximum absolute atomic E-state index is 6.41. The highest BCUT2D eigenvalue weighted by molar-refractivity contribution is 6.04. The molecule has 0 unspecified atom stereocenters. The topological polar surface area (TPSA) is 12.5 Å². The van der Waals surface area contributed by atoms with E-state index in [4.69, 9.17) is 4.74 Å². The highest BCUT2D eigenvalue weighted by Gasteiger charge is 2.21. The lowest BCUT2D eigenvalue weighted by atomic mass is 9.91. The molecular formula is C52H35NO. The fourth-order valence-electron chi connectivity index (χ4n) is 7.85. The van der Waals surface area contributed by atoms with Crippen LogP contribution in [0.1, 0.15) is 0 Å². The van der Waals surface area contributed by atoms with Crippen molar-refractivity contribution in [2.24, 2.45) is 0 Å². The Hall–Kier alpha value is -7.16. The smallest absolute Gasteiger partial charge is 0.135 e. The Morgan fingerprint density at radius 3 is 1.57 bits per heavy atom. The van der Waals surface area contributed by atoms with E-state index in [9.17, 15) is 0 Å². The molecule has 0 N–H and O–H groups in total. The second kappa shape index (κ2) is 13.4. The summed E-state index contributed by atoms with van der Waals surface area (Å²) >= 11 is 0. The number of para-hydroxylation sites is 1. The zero-order chi connectivity index (χ0) is 35.8. The summed E-state index contributed by atoms with van der Waals surface area (Å²) in [5, 5.41) is 2.36. The molecule has 254 valence electrons. The lowest BCUT2D eigenvalue weighted by molar-refractivity contribution is 0.487. The standard InChI is InChI=1S/C52H35NO/c1-4-13-37(14-5-1)46-31-27-41(34-48(46)38-15-6-2-7-16-38)36-25-29-44(30-26-36)53(43-20-8-3-9-21-43)45-22-10-19-40(33-45)42-28-32-50-49(35-42)47-23-11-17-39-18-12-24-51(54-50)52(39)47/h1-35H. The van der Waals surface area contributed by atoms with Crippen molar-refractivity contribution in [1.82, 2.24) is 0 Å². The van der Waals surface area contributed by atoms with E-state index in [1.807, 2.05) is 0 Å². The fraction of sp³-hybridized carbons (Fsp3) is 0. The van der Waals surface area contributed by atoms with Crippen molar-refractivity contribution in [2.45, 2.75) is 0 Å². The molecule has 0 saturated carbocycles. The minimum Gasteiger partial charge on any atom is -0.456 e. The summed E-state index contributed by atoms with van der Waals surface area (Å²) in [4.78, 5) is 2.33. The van der Waals surface area contributed by atoms with Gasteiger partial charge in [0.05, 0.1) is 0 Å². The van der Waals surface area contributed by atoms with Gasteiger partial charge in [-0.05, 0) is 116 Å². The average Bonchev–Trinajstić information content (AvgIpc) is 3.25. The molecule has 0 bridgehead atoms. The number of hydrogen-bond donors (Lipinski definition) is 0. The predicted molar refractivity (Wildman–Crippen MR) is 226 cm³/mol. The molecule has 54 heavy (non-hydrogen) atoms. The van der Waals surface area contributed by atoms with Gasteiger partial charge in [0.15, 0.2) is 0 Å². The predicted octanol–water partition coefficient (Wildman–Crippen LogP) is 14.8. The Kier molecular flexibility index (Phi) is 7.85. The van der Waals surface area contributed by atoms with Crippen LogP contribution in [-0.4, -0.2) is 0 Å². The molecule has 1 aliphatic rings. The molecule has 0 aromatic heterocycles. The van der Waals surface area contributed by atoms with E-state index < -0.39 is 0 Å². The lowest BCUT2D eigenvalue weighted by Crippen LogP contribution is -2.09. The number of anilines is 3. The molecule has 10 rings (SSSR count). The van der Waals surface area contributed by atoms with Crippen LogP contribution in [0.4, 0.5) is 17.1 Å². The molecule has 1 aliphatic heterocycles. The van der Waals surface area contributed by atoms with Gasteiger partial charge in [0.2, 0.25) is 0 Å². The lowest BCUT2D eigenvalue weighted by Gasteiger charge is -2.26. The van der Waals surface area contributed by atoms with Crippen LogP contribution in [0.25, 0.3) is 66.4 Å². The Morgan fingerprint density at radius 1 is 0.278 bits per heavy atom. The highest BCUT2D eigenvalue weighted by Crippen LogP contribution is 2.48. The molecule has 9 aromatic rings. The van der Waals surface area contributed by atoms with E-state index >= 15 is 0 Å². The van der Waals surface area contributed by atoms with Crippen molar-refractivity contribution >= 4 is 27.8 Å². The molecule has 1 heterocycles. The first kappa shape index (κ1) is 31.6. The summed E-state index contributed by atoms with van der Waals surface area (Å²) in [5.41, 5.74) is 15.1. The second-order valence-electron chi connectivity index (χ2n) is 13.7. The van der Waals surface area contributed by atoms with Gasteiger partial charge in [-0.1, -0.05) is 152 Å². The average molecular weight is 690 g/mol. The van der Waals surface area contributed by atoms with Crippen LogP contribution in [0, 0.1) is 0 Å². The summed E-state index contributed by atoms with van der Waals surface area (Å²) in [6.45, 7) is 0. The number of benzene rings is 9. The summed E-state index contributed by atoms with van der Waals surface area (Å²) in [6, 6.07) is 75.8. The van der Waals surface area contributed by atoms with E-state index in [1.165, 1.54) is 49.7 Å². The van der Waals surface area contributed by atoms with Crippen molar-refractivity contribution in [2.75, 3.05) is 4.90 Å². The molecule has 2 heteroatoms. The molecule has 0 amide bonds. The minimum atomic E-state index is 0.887. The molecule has 0 radical (unpaired) electrons. The van der Waals surface area contributed by atoms with Gasteiger partial charge < -0.3 is 9.64 Å². The molecule has 0 spiro atoms. The van der Waals surface area contributed by atoms with Crippen molar-refractivity contribution in [3.8, 4) is 67.1 Å². The van der Waals surface area contributed by atoms with E-state index in [-0.39, 0.29) is 0 Å². The van der Waals surface area contributed by atoms with Crippen molar-refractivity contribution in [1.29, 1.82) is 0 Å². The van der Waals surface area contributed by atoms with Crippen LogP contribution in [0.15, 0.2) is 212 Å². The van der Waals surface area contributed by atoms with Gasteiger partial charge in [0.25, 0.3) is 0 Å². The summed E-state index contributed by atoms with van der Waals surface area (Å²) in [5.74, 6) is 1.80. The SMILES string of the molecule is c1ccc(-c2ccc(-c3ccc(N(c4ccccc4)c4cccc(-c5ccc6c(c5)-c5cccc7cccc(c57)O6)c4)cc3)cc2-c2ccccc2)cc1. The quantitative estimate of drug-likeness (QED) is 0.165. The molecule has 0 atom stereocenters. The normalized spacial score (nSPS) is 11.5. The molecule has 9 aromatic carbocycles. The third-order valence-corrected chi connectivity index (χ3v) is 10.5. The zero-order valence-corrected chi connectivity index (χ0v) is 29.6. The van der Waals surface area contributed by atoms with Crippen molar-refractivity contribution in [3.63, 3.8) is 0 Å².